The molecule has 1 aromatic rings. The normalized spacial score (nSPS) is 14.7. The van der Waals surface area contributed by atoms with Gasteiger partial charge in [0.15, 0.2) is 0 Å². The van der Waals surface area contributed by atoms with E-state index in [-0.39, 0.29) is 12.2 Å². The molecule has 0 spiro atoms. The number of rotatable bonds is 9. The lowest BCUT2D eigenvalue weighted by molar-refractivity contribution is 0.0724. The van der Waals surface area contributed by atoms with Crippen LogP contribution >= 0.6 is 0 Å². The summed E-state index contributed by atoms with van der Waals surface area (Å²) in [5.74, 6) is 0.365. The van der Waals surface area contributed by atoms with Crippen LogP contribution in [0.4, 0.5) is 9.59 Å². The molecule has 1 heterocycles. The van der Waals surface area contributed by atoms with E-state index < -0.39 is 0 Å². The van der Waals surface area contributed by atoms with Crippen molar-refractivity contribution < 1.29 is 19.1 Å². The Morgan fingerprint density at radius 3 is 2.31 bits per heavy atom. The molecule has 0 atom stereocenters. The van der Waals surface area contributed by atoms with E-state index in [4.69, 9.17) is 9.47 Å². The van der Waals surface area contributed by atoms with Crippen LogP contribution in [0.15, 0.2) is 30.3 Å². The number of nitrogens with zero attached hydrogens (tertiary/aromatic N) is 3. The summed E-state index contributed by atoms with van der Waals surface area (Å²) in [5.41, 5.74) is 0.984. The number of carbonyl (C=O) groups excluding carboxylic acids is 2. The number of likely N-dealkylation sites (N-methyl/N-ethyl adjacent to an activating group) is 1. The summed E-state index contributed by atoms with van der Waals surface area (Å²) in [7, 11) is 1.43. The molecule has 1 aliphatic heterocycles. The van der Waals surface area contributed by atoms with Gasteiger partial charge in [-0.1, -0.05) is 44.2 Å². The average molecular weight is 406 g/mol. The number of benzene rings is 1. The molecule has 0 bridgehead atoms. The van der Waals surface area contributed by atoms with Crippen LogP contribution in [0.1, 0.15) is 32.3 Å². The first-order valence-corrected chi connectivity index (χ1v) is 10.6. The molecule has 1 saturated heterocycles. The zero-order valence-corrected chi connectivity index (χ0v) is 18.0. The molecule has 1 aromatic carbocycles. The maximum atomic E-state index is 12.3. The summed E-state index contributed by atoms with van der Waals surface area (Å²) in [6.45, 7) is 9.95. The van der Waals surface area contributed by atoms with Crippen molar-refractivity contribution >= 4 is 12.2 Å². The van der Waals surface area contributed by atoms with Gasteiger partial charge in [0.1, 0.15) is 6.61 Å². The third kappa shape index (κ3) is 7.57. The maximum absolute atomic E-state index is 12.3. The smallest absolute Gasteiger partial charge is 0.410 e. The monoisotopic (exact) mass is 405 g/mol. The van der Waals surface area contributed by atoms with Gasteiger partial charge in [-0.25, -0.2) is 9.59 Å². The van der Waals surface area contributed by atoms with Crippen molar-refractivity contribution in [2.75, 3.05) is 52.9 Å². The Balaban J connectivity index is 1.77. The fourth-order valence-electron chi connectivity index (χ4n) is 3.61. The first-order valence-electron chi connectivity index (χ1n) is 10.6. The van der Waals surface area contributed by atoms with E-state index >= 15 is 0 Å². The predicted octanol–water partition coefficient (Wildman–Crippen LogP) is 3.45. The van der Waals surface area contributed by atoms with Crippen molar-refractivity contribution in [1.82, 2.24) is 14.7 Å². The van der Waals surface area contributed by atoms with E-state index in [1.165, 1.54) is 7.11 Å². The molecule has 0 unspecified atom stereocenters. The fraction of sp³-hybridized carbons (Fsp3) is 0.636. The highest BCUT2D eigenvalue weighted by Crippen LogP contribution is 2.20. The zero-order chi connectivity index (χ0) is 21.1. The lowest BCUT2D eigenvalue weighted by Gasteiger charge is -2.34. The van der Waals surface area contributed by atoms with Crippen molar-refractivity contribution in [2.45, 2.75) is 33.3 Å². The van der Waals surface area contributed by atoms with Crippen molar-refractivity contribution in [1.29, 1.82) is 0 Å². The third-order valence-electron chi connectivity index (χ3n) is 5.57. The van der Waals surface area contributed by atoms with E-state index in [1.54, 1.807) is 9.80 Å². The van der Waals surface area contributed by atoms with Crippen LogP contribution in [0.25, 0.3) is 0 Å². The van der Waals surface area contributed by atoms with Crippen LogP contribution in [0.2, 0.25) is 0 Å². The first-order chi connectivity index (χ1) is 14.1. The average Bonchev–Trinajstić information content (AvgIpc) is 2.77. The molecule has 2 rings (SSSR count). The van der Waals surface area contributed by atoms with Gasteiger partial charge in [-0.05, 0) is 37.4 Å². The minimum absolute atomic E-state index is 0.265. The summed E-state index contributed by atoms with van der Waals surface area (Å²) < 4.78 is 10.4. The van der Waals surface area contributed by atoms with Crippen LogP contribution in [0.5, 0.6) is 0 Å². The summed E-state index contributed by atoms with van der Waals surface area (Å²) in [4.78, 5) is 30.3. The standard InChI is InChI=1S/C22H35N3O4/c1-4-23(5-2)15-16-25(21(26)28-3)17-19-11-13-24(14-12-19)22(27)29-18-20-9-7-6-8-10-20/h6-10,19H,4-5,11-18H2,1-3H3. The van der Waals surface area contributed by atoms with E-state index in [1.807, 2.05) is 30.3 Å². The number of piperidine rings is 1. The Morgan fingerprint density at radius 1 is 1.07 bits per heavy atom. The van der Waals surface area contributed by atoms with Crippen LogP contribution in [0, 0.1) is 5.92 Å². The van der Waals surface area contributed by atoms with Crippen molar-refractivity contribution in [3.05, 3.63) is 35.9 Å². The van der Waals surface area contributed by atoms with Gasteiger partial charge in [0, 0.05) is 32.7 Å². The van der Waals surface area contributed by atoms with Crippen molar-refractivity contribution in [2.24, 2.45) is 5.92 Å². The number of ether oxygens (including phenoxy) is 2. The number of likely N-dealkylation sites (tertiary alicyclic amines) is 1. The second kappa shape index (κ2) is 12.3. The number of carbonyl (C=O) groups is 2. The highest BCUT2D eigenvalue weighted by Gasteiger charge is 2.27. The number of hydrogen-bond acceptors (Lipinski definition) is 5. The Labute approximate surface area is 174 Å². The van der Waals surface area contributed by atoms with Crippen LogP contribution in [-0.4, -0.2) is 79.8 Å². The molecule has 29 heavy (non-hydrogen) atoms. The molecule has 0 saturated carbocycles. The Morgan fingerprint density at radius 2 is 1.72 bits per heavy atom. The second-order valence-electron chi connectivity index (χ2n) is 7.41. The molecule has 2 amide bonds. The number of methoxy groups -OCH3 is 1. The van der Waals surface area contributed by atoms with Crippen LogP contribution in [0.3, 0.4) is 0 Å². The molecular formula is C22H35N3O4. The summed E-state index contributed by atoms with van der Waals surface area (Å²) in [6.07, 6.45) is 1.18. The summed E-state index contributed by atoms with van der Waals surface area (Å²) in [5, 5.41) is 0. The van der Waals surface area contributed by atoms with Gasteiger partial charge in [0.2, 0.25) is 0 Å². The van der Waals surface area contributed by atoms with Gasteiger partial charge in [-0.15, -0.1) is 0 Å². The molecule has 0 radical (unpaired) electrons. The third-order valence-corrected chi connectivity index (χ3v) is 5.57. The highest BCUT2D eigenvalue weighted by atomic mass is 16.6. The van der Waals surface area contributed by atoms with Crippen molar-refractivity contribution in [3.63, 3.8) is 0 Å². The molecule has 1 fully saturated rings. The van der Waals surface area contributed by atoms with Gasteiger partial charge in [0.25, 0.3) is 0 Å². The van der Waals surface area contributed by atoms with Gasteiger partial charge in [-0.2, -0.15) is 0 Å². The predicted molar refractivity (Wildman–Crippen MR) is 113 cm³/mol. The molecule has 0 aliphatic carbocycles. The SMILES string of the molecule is CCN(CC)CCN(CC1CCN(C(=O)OCc2ccccc2)CC1)C(=O)OC. The van der Waals surface area contributed by atoms with Crippen LogP contribution < -0.4 is 0 Å². The van der Waals surface area contributed by atoms with Gasteiger partial charge in [-0.3, -0.25) is 0 Å². The largest absolute Gasteiger partial charge is 0.453 e. The Bertz CT molecular complexity index is 614. The molecule has 162 valence electrons. The number of amides is 2. The quantitative estimate of drug-likeness (QED) is 0.630. The van der Waals surface area contributed by atoms with Gasteiger partial charge in [0.05, 0.1) is 7.11 Å². The molecule has 7 heteroatoms. The van der Waals surface area contributed by atoms with E-state index in [2.05, 4.69) is 18.7 Å². The van der Waals surface area contributed by atoms with E-state index in [0.717, 1.165) is 38.0 Å². The van der Waals surface area contributed by atoms with E-state index in [9.17, 15) is 9.59 Å². The fourth-order valence-corrected chi connectivity index (χ4v) is 3.61. The molecule has 0 N–H and O–H groups in total. The summed E-state index contributed by atoms with van der Waals surface area (Å²) >= 11 is 0. The maximum Gasteiger partial charge on any atom is 0.410 e. The molecule has 0 aromatic heterocycles. The zero-order valence-electron chi connectivity index (χ0n) is 18.0. The highest BCUT2D eigenvalue weighted by molar-refractivity contribution is 5.68. The minimum atomic E-state index is -0.276. The molecule has 1 aliphatic rings. The summed E-state index contributed by atoms with van der Waals surface area (Å²) in [6, 6.07) is 9.69. The number of hydrogen-bond donors (Lipinski definition) is 0. The lowest BCUT2D eigenvalue weighted by atomic mass is 9.96. The minimum Gasteiger partial charge on any atom is -0.453 e. The Hall–Kier alpha value is -2.28. The van der Waals surface area contributed by atoms with Crippen molar-refractivity contribution in [3.8, 4) is 0 Å². The molecular weight excluding hydrogens is 370 g/mol. The van der Waals surface area contributed by atoms with E-state index in [0.29, 0.717) is 38.7 Å². The van der Waals surface area contributed by atoms with Gasteiger partial charge >= 0.3 is 12.2 Å². The first kappa shape index (κ1) is 23.0. The van der Waals surface area contributed by atoms with Crippen LogP contribution in [-0.2, 0) is 16.1 Å². The topological polar surface area (TPSA) is 62.3 Å². The molecule has 7 nitrogen and oxygen atoms in total. The lowest BCUT2D eigenvalue weighted by Crippen LogP contribution is -2.45. The van der Waals surface area contributed by atoms with Gasteiger partial charge < -0.3 is 24.2 Å². The second-order valence-corrected chi connectivity index (χ2v) is 7.41. The Kier molecular flexibility index (Phi) is 9.77.